The molecule has 98 valence electrons. The highest BCUT2D eigenvalue weighted by molar-refractivity contribution is 6.31. The molecule has 1 aromatic heterocycles. The lowest BCUT2D eigenvalue weighted by molar-refractivity contribution is 0.318. The SMILES string of the molecule is NC(=NO)c1cc(Cl)ccc1-n1ccc(C2CC2)n1. The number of oxime groups is 1. The highest BCUT2D eigenvalue weighted by Gasteiger charge is 2.26. The number of amidine groups is 1. The van der Waals surface area contributed by atoms with Gasteiger partial charge in [-0.25, -0.2) is 4.68 Å². The predicted molar refractivity (Wildman–Crippen MR) is 73.1 cm³/mol. The molecule has 0 aliphatic heterocycles. The molecule has 3 N–H and O–H groups in total. The van der Waals surface area contributed by atoms with E-state index in [4.69, 9.17) is 22.5 Å². The minimum atomic E-state index is 0.0148. The van der Waals surface area contributed by atoms with E-state index in [1.807, 2.05) is 12.3 Å². The molecule has 0 bridgehead atoms. The molecule has 0 unspecified atom stereocenters. The van der Waals surface area contributed by atoms with E-state index in [1.54, 1.807) is 22.9 Å². The zero-order valence-electron chi connectivity index (χ0n) is 10.1. The zero-order valence-corrected chi connectivity index (χ0v) is 10.9. The Balaban J connectivity index is 2.07. The van der Waals surface area contributed by atoms with Crippen molar-refractivity contribution in [2.75, 3.05) is 0 Å². The second kappa shape index (κ2) is 4.59. The summed E-state index contributed by atoms with van der Waals surface area (Å²) < 4.78 is 1.73. The largest absolute Gasteiger partial charge is 0.409 e. The van der Waals surface area contributed by atoms with Crippen molar-refractivity contribution in [2.45, 2.75) is 18.8 Å². The van der Waals surface area contributed by atoms with Crippen molar-refractivity contribution in [2.24, 2.45) is 10.9 Å². The van der Waals surface area contributed by atoms with Gasteiger partial charge in [-0.1, -0.05) is 16.8 Å². The molecule has 1 aromatic carbocycles. The Kier molecular flexibility index (Phi) is 2.91. The molecule has 5 nitrogen and oxygen atoms in total. The van der Waals surface area contributed by atoms with Crippen LogP contribution in [0.4, 0.5) is 0 Å². The summed E-state index contributed by atoms with van der Waals surface area (Å²) in [4.78, 5) is 0. The molecular weight excluding hydrogens is 264 g/mol. The van der Waals surface area contributed by atoms with Crippen molar-refractivity contribution in [3.05, 3.63) is 46.7 Å². The van der Waals surface area contributed by atoms with E-state index >= 15 is 0 Å². The molecule has 1 fully saturated rings. The molecule has 1 aliphatic carbocycles. The molecule has 1 aliphatic rings. The van der Waals surface area contributed by atoms with Gasteiger partial charge in [0.05, 0.1) is 11.4 Å². The molecule has 0 amide bonds. The van der Waals surface area contributed by atoms with Gasteiger partial charge in [-0.15, -0.1) is 0 Å². The van der Waals surface area contributed by atoms with Crippen molar-refractivity contribution in [1.82, 2.24) is 9.78 Å². The van der Waals surface area contributed by atoms with Crippen molar-refractivity contribution in [1.29, 1.82) is 0 Å². The summed E-state index contributed by atoms with van der Waals surface area (Å²) in [5, 5.41) is 16.9. The van der Waals surface area contributed by atoms with Gasteiger partial charge < -0.3 is 10.9 Å². The van der Waals surface area contributed by atoms with Crippen LogP contribution in [0.2, 0.25) is 5.02 Å². The monoisotopic (exact) mass is 276 g/mol. The van der Waals surface area contributed by atoms with E-state index < -0.39 is 0 Å². The number of rotatable bonds is 3. The standard InChI is InChI=1S/C13H13ClN4O/c14-9-3-4-12(10(7-9)13(15)17-19)18-6-5-11(16-18)8-1-2-8/h3-8,19H,1-2H2,(H2,15,17). The van der Waals surface area contributed by atoms with Crippen molar-refractivity contribution < 1.29 is 5.21 Å². The Hall–Kier alpha value is -2.01. The van der Waals surface area contributed by atoms with Crippen LogP contribution in [0.1, 0.15) is 30.0 Å². The van der Waals surface area contributed by atoms with E-state index in [-0.39, 0.29) is 5.84 Å². The first-order valence-corrected chi connectivity index (χ1v) is 6.40. The van der Waals surface area contributed by atoms with E-state index in [2.05, 4.69) is 10.3 Å². The molecule has 2 aromatic rings. The molecule has 3 rings (SSSR count). The van der Waals surface area contributed by atoms with Crippen LogP contribution >= 0.6 is 11.6 Å². The number of benzene rings is 1. The van der Waals surface area contributed by atoms with Crippen molar-refractivity contribution >= 4 is 17.4 Å². The van der Waals surface area contributed by atoms with Crippen LogP contribution in [-0.4, -0.2) is 20.8 Å². The lowest BCUT2D eigenvalue weighted by Gasteiger charge is -2.08. The number of halogens is 1. The lowest BCUT2D eigenvalue weighted by Crippen LogP contribution is -2.16. The molecule has 0 atom stereocenters. The molecule has 0 radical (unpaired) electrons. The maximum Gasteiger partial charge on any atom is 0.172 e. The Morgan fingerprint density at radius 2 is 2.21 bits per heavy atom. The van der Waals surface area contributed by atoms with Crippen LogP contribution in [0.15, 0.2) is 35.6 Å². The smallest absolute Gasteiger partial charge is 0.172 e. The van der Waals surface area contributed by atoms with Crippen LogP contribution < -0.4 is 5.73 Å². The van der Waals surface area contributed by atoms with E-state index in [0.717, 1.165) is 11.4 Å². The third-order valence-electron chi connectivity index (χ3n) is 3.19. The van der Waals surface area contributed by atoms with Gasteiger partial charge in [-0.3, -0.25) is 0 Å². The van der Waals surface area contributed by atoms with Gasteiger partial charge in [0, 0.05) is 22.7 Å². The Bertz CT molecular complexity index is 646. The minimum Gasteiger partial charge on any atom is -0.409 e. The van der Waals surface area contributed by atoms with Crippen molar-refractivity contribution in [3.8, 4) is 5.69 Å². The zero-order chi connectivity index (χ0) is 13.4. The quantitative estimate of drug-likeness (QED) is 0.391. The highest BCUT2D eigenvalue weighted by Crippen LogP contribution is 2.39. The average Bonchev–Trinajstić information content (AvgIpc) is 3.16. The van der Waals surface area contributed by atoms with Gasteiger partial charge in [0.25, 0.3) is 0 Å². The first kappa shape index (κ1) is 12.0. The summed E-state index contributed by atoms with van der Waals surface area (Å²) in [6.07, 6.45) is 4.28. The number of nitrogens with zero attached hydrogens (tertiary/aromatic N) is 3. The second-order valence-electron chi connectivity index (χ2n) is 4.61. The number of hydrogen-bond acceptors (Lipinski definition) is 3. The van der Waals surface area contributed by atoms with Gasteiger partial charge in [0.2, 0.25) is 0 Å². The Labute approximate surface area is 115 Å². The lowest BCUT2D eigenvalue weighted by atomic mass is 10.1. The molecule has 0 spiro atoms. The summed E-state index contributed by atoms with van der Waals surface area (Å²) in [7, 11) is 0. The molecule has 1 saturated carbocycles. The first-order valence-electron chi connectivity index (χ1n) is 6.02. The summed E-state index contributed by atoms with van der Waals surface area (Å²) in [5.74, 6) is 0.599. The summed E-state index contributed by atoms with van der Waals surface area (Å²) in [5.41, 5.74) is 8.06. The van der Waals surface area contributed by atoms with Crippen LogP contribution in [0.5, 0.6) is 0 Å². The fourth-order valence-electron chi connectivity index (χ4n) is 2.04. The number of nitrogens with two attached hydrogens (primary N) is 1. The molecule has 6 heteroatoms. The van der Waals surface area contributed by atoms with E-state index in [1.165, 1.54) is 12.8 Å². The Morgan fingerprint density at radius 1 is 1.42 bits per heavy atom. The topological polar surface area (TPSA) is 76.4 Å². The van der Waals surface area contributed by atoms with Crippen molar-refractivity contribution in [3.63, 3.8) is 0 Å². The summed E-state index contributed by atoms with van der Waals surface area (Å²) >= 11 is 5.95. The molecular formula is C13H13ClN4O. The predicted octanol–water partition coefficient (Wildman–Crippen LogP) is 2.50. The molecule has 0 saturated heterocycles. The van der Waals surface area contributed by atoms with Gasteiger partial charge in [0.15, 0.2) is 5.84 Å². The minimum absolute atomic E-state index is 0.0148. The number of aromatic nitrogens is 2. The van der Waals surface area contributed by atoms with Crippen LogP contribution in [0.25, 0.3) is 5.69 Å². The Morgan fingerprint density at radius 3 is 2.89 bits per heavy atom. The van der Waals surface area contributed by atoms with E-state index in [0.29, 0.717) is 16.5 Å². The van der Waals surface area contributed by atoms with Gasteiger partial charge >= 0.3 is 0 Å². The maximum atomic E-state index is 8.84. The summed E-state index contributed by atoms with van der Waals surface area (Å²) in [6, 6.07) is 7.22. The van der Waals surface area contributed by atoms with Gasteiger partial charge in [0.1, 0.15) is 0 Å². The van der Waals surface area contributed by atoms with Gasteiger partial charge in [-0.05, 0) is 37.1 Å². The molecule has 19 heavy (non-hydrogen) atoms. The average molecular weight is 277 g/mol. The fraction of sp³-hybridized carbons (Fsp3) is 0.231. The maximum absolute atomic E-state index is 8.84. The third-order valence-corrected chi connectivity index (χ3v) is 3.43. The third kappa shape index (κ3) is 2.29. The normalized spacial score (nSPS) is 15.7. The van der Waals surface area contributed by atoms with Gasteiger partial charge in [-0.2, -0.15) is 5.10 Å². The fourth-order valence-corrected chi connectivity index (χ4v) is 2.21. The van der Waals surface area contributed by atoms with Crippen LogP contribution in [0.3, 0.4) is 0 Å². The number of hydrogen-bond donors (Lipinski definition) is 2. The summed E-state index contributed by atoms with van der Waals surface area (Å²) in [6.45, 7) is 0. The van der Waals surface area contributed by atoms with Crippen LogP contribution in [-0.2, 0) is 0 Å². The molecule has 1 heterocycles. The second-order valence-corrected chi connectivity index (χ2v) is 5.04. The first-order chi connectivity index (χ1) is 9.19. The van der Waals surface area contributed by atoms with E-state index in [9.17, 15) is 0 Å². The highest BCUT2D eigenvalue weighted by atomic mass is 35.5. The van der Waals surface area contributed by atoms with Crippen LogP contribution in [0, 0.1) is 0 Å².